The standard InChI is InChI=1S/C21H27ClN2O.C5H10O2.C3H9N/c1-13(2)20-19-17(16-9-8-15(22)12-18(16)23-19)10-11-24(20)21(25)14-6-4-3-5-7-14;1-5(2,3)7-4-6;1-4(2)3/h8-9,12-14,20,23H,3-7,10-11H2,1-2H3;4H,1-3H3;1-3H3. The molecule has 0 bridgehead atoms. The molecular weight excluding hydrogens is 474 g/mol. The van der Waals surface area contributed by atoms with Gasteiger partial charge in [0.25, 0.3) is 6.47 Å². The molecule has 4 rings (SSSR count). The van der Waals surface area contributed by atoms with E-state index in [9.17, 15) is 9.59 Å². The highest BCUT2D eigenvalue weighted by Crippen LogP contribution is 2.40. The summed E-state index contributed by atoms with van der Waals surface area (Å²) >= 11 is 6.18. The van der Waals surface area contributed by atoms with Crippen LogP contribution >= 0.6 is 11.6 Å². The van der Waals surface area contributed by atoms with Crippen LogP contribution in [0.1, 0.15) is 84.0 Å². The zero-order chi connectivity index (χ0) is 27.0. The molecule has 0 saturated heterocycles. The minimum Gasteiger partial charge on any atom is -0.462 e. The third-order valence-electron chi connectivity index (χ3n) is 6.41. The quantitative estimate of drug-likeness (QED) is 0.463. The van der Waals surface area contributed by atoms with Crippen molar-refractivity contribution < 1.29 is 14.3 Å². The first kappa shape index (κ1) is 30.2. The summed E-state index contributed by atoms with van der Waals surface area (Å²) in [4.78, 5) is 30.6. The number of carbonyl (C=O) groups is 2. The molecule has 1 aliphatic carbocycles. The molecule has 1 fully saturated rings. The fourth-order valence-corrected chi connectivity index (χ4v) is 5.14. The lowest BCUT2D eigenvalue weighted by Crippen LogP contribution is -2.45. The lowest BCUT2D eigenvalue weighted by Gasteiger charge is -2.40. The fraction of sp³-hybridized carbons (Fsp3) is 0.655. The van der Waals surface area contributed by atoms with Crippen molar-refractivity contribution in [3.63, 3.8) is 0 Å². The highest BCUT2D eigenvalue weighted by atomic mass is 35.5. The van der Waals surface area contributed by atoms with E-state index in [4.69, 9.17) is 11.6 Å². The van der Waals surface area contributed by atoms with Gasteiger partial charge in [0, 0.05) is 34.1 Å². The molecule has 1 aromatic heterocycles. The van der Waals surface area contributed by atoms with E-state index in [1.807, 2.05) is 58.9 Å². The maximum absolute atomic E-state index is 13.2. The van der Waals surface area contributed by atoms with Gasteiger partial charge in [0.1, 0.15) is 5.60 Å². The minimum absolute atomic E-state index is 0.143. The minimum atomic E-state index is -0.318. The number of hydrogen-bond acceptors (Lipinski definition) is 4. The van der Waals surface area contributed by atoms with Gasteiger partial charge in [-0.1, -0.05) is 50.8 Å². The number of ether oxygens (including phenoxy) is 1. The Bertz CT molecular complexity index is 985. The summed E-state index contributed by atoms with van der Waals surface area (Å²) in [5.74, 6) is 0.992. The molecule has 36 heavy (non-hydrogen) atoms. The summed E-state index contributed by atoms with van der Waals surface area (Å²) in [5.41, 5.74) is 3.37. The van der Waals surface area contributed by atoms with Gasteiger partial charge in [0.05, 0.1) is 6.04 Å². The van der Waals surface area contributed by atoms with Crippen LogP contribution in [0.3, 0.4) is 0 Å². The zero-order valence-electron chi connectivity index (χ0n) is 23.5. The normalized spacial score (nSPS) is 18.2. The largest absolute Gasteiger partial charge is 0.462 e. The van der Waals surface area contributed by atoms with Crippen LogP contribution in [0.25, 0.3) is 10.9 Å². The maximum atomic E-state index is 13.2. The van der Waals surface area contributed by atoms with Crippen molar-refractivity contribution in [2.75, 3.05) is 27.7 Å². The van der Waals surface area contributed by atoms with Crippen LogP contribution in [0, 0.1) is 11.8 Å². The van der Waals surface area contributed by atoms with Gasteiger partial charge < -0.3 is 19.5 Å². The second-order valence-corrected chi connectivity index (χ2v) is 12.1. The molecular formula is C29H46ClN3O3. The fourth-order valence-electron chi connectivity index (χ4n) is 4.97. The Morgan fingerprint density at radius 3 is 2.28 bits per heavy atom. The Balaban J connectivity index is 0.000000351. The van der Waals surface area contributed by atoms with E-state index in [0.29, 0.717) is 18.3 Å². The summed E-state index contributed by atoms with van der Waals surface area (Å²) < 4.78 is 4.55. The van der Waals surface area contributed by atoms with Crippen LogP contribution in [-0.4, -0.2) is 60.5 Å². The van der Waals surface area contributed by atoms with Crippen molar-refractivity contribution in [3.8, 4) is 0 Å². The summed E-state index contributed by atoms with van der Waals surface area (Å²) in [6.45, 7) is 11.2. The molecule has 0 spiro atoms. The van der Waals surface area contributed by atoms with Gasteiger partial charge in [-0.3, -0.25) is 9.59 Å². The second kappa shape index (κ2) is 13.5. The van der Waals surface area contributed by atoms with Gasteiger partial charge in [0.15, 0.2) is 0 Å². The first-order valence-electron chi connectivity index (χ1n) is 13.2. The number of amides is 1. The highest BCUT2D eigenvalue weighted by Gasteiger charge is 2.37. The molecule has 1 saturated carbocycles. The summed E-state index contributed by atoms with van der Waals surface area (Å²) in [5, 5.41) is 2.01. The number of rotatable bonds is 3. The van der Waals surface area contributed by atoms with E-state index in [2.05, 4.69) is 34.5 Å². The smallest absolute Gasteiger partial charge is 0.293 e. The van der Waals surface area contributed by atoms with Gasteiger partial charge in [-0.05, 0) is 84.8 Å². The second-order valence-electron chi connectivity index (χ2n) is 11.7. The molecule has 6 nitrogen and oxygen atoms in total. The van der Waals surface area contributed by atoms with Crippen LogP contribution in [0.2, 0.25) is 5.02 Å². The van der Waals surface area contributed by atoms with Gasteiger partial charge in [-0.2, -0.15) is 0 Å². The average Bonchev–Trinajstić information content (AvgIpc) is 3.15. The van der Waals surface area contributed by atoms with E-state index in [1.54, 1.807) is 0 Å². The Labute approximate surface area is 222 Å². The van der Waals surface area contributed by atoms with Crippen molar-refractivity contribution in [2.24, 2.45) is 11.8 Å². The Hall–Kier alpha value is -2.05. The van der Waals surface area contributed by atoms with Crippen molar-refractivity contribution in [2.45, 2.75) is 84.8 Å². The predicted octanol–water partition coefficient (Wildman–Crippen LogP) is 6.62. The lowest BCUT2D eigenvalue weighted by atomic mass is 9.85. The van der Waals surface area contributed by atoms with E-state index < -0.39 is 0 Å². The van der Waals surface area contributed by atoms with E-state index in [-0.39, 0.29) is 17.6 Å². The van der Waals surface area contributed by atoms with Crippen molar-refractivity contribution in [1.29, 1.82) is 0 Å². The Morgan fingerprint density at radius 2 is 1.78 bits per heavy atom. The zero-order valence-corrected chi connectivity index (χ0v) is 24.2. The molecule has 1 aliphatic heterocycles. The number of carbonyl (C=O) groups excluding carboxylic acids is 2. The number of hydrogen-bond donors (Lipinski definition) is 1. The van der Waals surface area contributed by atoms with Crippen LogP contribution in [0.15, 0.2) is 18.2 Å². The lowest BCUT2D eigenvalue weighted by molar-refractivity contribution is -0.141. The van der Waals surface area contributed by atoms with E-state index in [1.165, 1.54) is 35.9 Å². The monoisotopic (exact) mass is 519 g/mol. The third kappa shape index (κ3) is 8.52. The molecule has 2 heterocycles. The average molecular weight is 520 g/mol. The molecule has 1 N–H and O–H groups in total. The molecule has 7 heteroatoms. The number of halogens is 1. The number of nitrogens with one attached hydrogen (secondary N) is 1. The predicted molar refractivity (Wildman–Crippen MR) is 149 cm³/mol. The van der Waals surface area contributed by atoms with Crippen molar-refractivity contribution >= 4 is 34.9 Å². The molecule has 2 aliphatic rings. The Kier molecular flexibility index (Phi) is 11.3. The van der Waals surface area contributed by atoms with Gasteiger partial charge in [0.2, 0.25) is 5.91 Å². The molecule has 0 radical (unpaired) electrons. The van der Waals surface area contributed by atoms with Gasteiger partial charge >= 0.3 is 0 Å². The van der Waals surface area contributed by atoms with Gasteiger partial charge in [-0.15, -0.1) is 0 Å². The number of benzene rings is 1. The maximum Gasteiger partial charge on any atom is 0.293 e. The topological polar surface area (TPSA) is 65.6 Å². The number of fused-ring (bicyclic) bond motifs is 3. The van der Waals surface area contributed by atoms with Crippen molar-refractivity contribution in [3.05, 3.63) is 34.5 Å². The molecule has 2 aromatic rings. The summed E-state index contributed by atoms with van der Waals surface area (Å²) in [7, 11) is 6.00. The van der Waals surface area contributed by atoms with Crippen LogP contribution in [0.4, 0.5) is 0 Å². The van der Waals surface area contributed by atoms with Crippen LogP contribution in [0.5, 0.6) is 0 Å². The SMILES string of the molecule is CC(C)(C)OC=O.CC(C)C1c2[nH]c3cc(Cl)ccc3c2CCN1C(=O)C1CCCCC1.CN(C)C. The third-order valence-corrected chi connectivity index (χ3v) is 6.64. The highest BCUT2D eigenvalue weighted by molar-refractivity contribution is 6.31. The molecule has 1 amide bonds. The summed E-state index contributed by atoms with van der Waals surface area (Å²) in [6.07, 6.45) is 6.74. The first-order valence-corrected chi connectivity index (χ1v) is 13.6. The number of aromatic nitrogens is 1. The molecule has 1 aromatic carbocycles. The summed E-state index contributed by atoms with van der Waals surface area (Å²) in [6, 6.07) is 6.22. The van der Waals surface area contributed by atoms with Crippen molar-refractivity contribution in [1.82, 2.24) is 14.8 Å². The molecule has 1 unspecified atom stereocenters. The number of H-pyrrole nitrogens is 1. The van der Waals surface area contributed by atoms with E-state index in [0.717, 1.165) is 36.3 Å². The van der Waals surface area contributed by atoms with Crippen LogP contribution < -0.4 is 0 Å². The number of aromatic amines is 1. The molecule has 202 valence electrons. The Morgan fingerprint density at radius 1 is 1.17 bits per heavy atom. The molecule has 1 atom stereocenters. The number of nitrogens with zero attached hydrogens (tertiary/aromatic N) is 2. The first-order chi connectivity index (χ1) is 16.9. The van der Waals surface area contributed by atoms with Gasteiger partial charge in [-0.25, -0.2) is 0 Å². The van der Waals surface area contributed by atoms with E-state index >= 15 is 0 Å². The van der Waals surface area contributed by atoms with Crippen LogP contribution in [-0.2, 0) is 20.7 Å².